The van der Waals surface area contributed by atoms with E-state index in [1.807, 2.05) is 4.90 Å². The SMILES string of the molecule is CC1CN(C(=O)c2ccc(Cl)cc2)CCN1c1cnccn1. The first-order valence-corrected chi connectivity index (χ1v) is 7.60. The van der Waals surface area contributed by atoms with Crippen molar-refractivity contribution in [1.29, 1.82) is 0 Å². The fourth-order valence-electron chi connectivity index (χ4n) is 2.70. The summed E-state index contributed by atoms with van der Waals surface area (Å²) in [6.07, 6.45) is 5.11. The fourth-order valence-corrected chi connectivity index (χ4v) is 2.82. The van der Waals surface area contributed by atoms with Crippen LogP contribution in [0.2, 0.25) is 5.02 Å². The molecule has 2 heterocycles. The lowest BCUT2D eigenvalue weighted by Crippen LogP contribution is -2.54. The van der Waals surface area contributed by atoms with E-state index < -0.39 is 0 Å². The Morgan fingerprint density at radius 2 is 2.00 bits per heavy atom. The van der Waals surface area contributed by atoms with Crippen molar-refractivity contribution in [3.8, 4) is 0 Å². The lowest BCUT2D eigenvalue weighted by atomic mass is 10.1. The molecule has 1 amide bonds. The molecule has 1 aromatic carbocycles. The van der Waals surface area contributed by atoms with Crippen molar-refractivity contribution in [3.63, 3.8) is 0 Å². The van der Waals surface area contributed by atoms with Gasteiger partial charge >= 0.3 is 0 Å². The second-order valence-corrected chi connectivity index (χ2v) is 5.80. The van der Waals surface area contributed by atoms with Gasteiger partial charge in [0.15, 0.2) is 0 Å². The van der Waals surface area contributed by atoms with Crippen LogP contribution >= 0.6 is 11.6 Å². The van der Waals surface area contributed by atoms with Crippen LogP contribution in [0.1, 0.15) is 17.3 Å². The first-order valence-electron chi connectivity index (χ1n) is 7.22. The summed E-state index contributed by atoms with van der Waals surface area (Å²) in [5, 5.41) is 0.636. The molecule has 22 heavy (non-hydrogen) atoms. The molecule has 3 rings (SSSR count). The summed E-state index contributed by atoms with van der Waals surface area (Å²) in [4.78, 5) is 25.0. The van der Waals surface area contributed by atoms with Crippen molar-refractivity contribution >= 4 is 23.3 Å². The Morgan fingerprint density at radius 3 is 2.64 bits per heavy atom. The van der Waals surface area contributed by atoms with E-state index in [-0.39, 0.29) is 11.9 Å². The molecular weight excluding hydrogens is 300 g/mol. The smallest absolute Gasteiger partial charge is 0.253 e. The zero-order valence-corrected chi connectivity index (χ0v) is 13.1. The van der Waals surface area contributed by atoms with Crippen molar-refractivity contribution in [1.82, 2.24) is 14.9 Å². The van der Waals surface area contributed by atoms with E-state index in [1.165, 1.54) is 0 Å². The molecule has 0 bridgehead atoms. The van der Waals surface area contributed by atoms with Gasteiger partial charge in [-0.1, -0.05) is 11.6 Å². The first kappa shape index (κ1) is 14.8. The highest BCUT2D eigenvalue weighted by molar-refractivity contribution is 6.30. The lowest BCUT2D eigenvalue weighted by molar-refractivity contribution is 0.0726. The third kappa shape index (κ3) is 3.04. The molecule has 6 heteroatoms. The largest absolute Gasteiger partial charge is 0.349 e. The second kappa shape index (κ2) is 6.32. The van der Waals surface area contributed by atoms with E-state index in [4.69, 9.17) is 11.6 Å². The Bertz CT molecular complexity index is 647. The Labute approximate surface area is 134 Å². The minimum absolute atomic E-state index is 0.0438. The Hall–Kier alpha value is -2.14. The first-order chi connectivity index (χ1) is 10.6. The van der Waals surface area contributed by atoms with E-state index in [2.05, 4.69) is 21.8 Å². The van der Waals surface area contributed by atoms with E-state index in [1.54, 1.807) is 42.9 Å². The van der Waals surface area contributed by atoms with Crippen LogP contribution < -0.4 is 4.90 Å². The van der Waals surface area contributed by atoms with Crippen molar-refractivity contribution in [2.45, 2.75) is 13.0 Å². The van der Waals surface area contributed by atoms with Crippen LogP contribution in [0.3, 0.4) is 0 Å². The number of hydrogen-bond donors (Lipinski definition) is 0. The number of piperazine rings is 1. The van der Waals surface area contributed by atoms with Crippen LogP contribution in [0.4, 0.5) is 5.82 Å². The number of rotatable bonds is 2. The summed E-state index contributed by atoms with van der Waals surface area (Å²) in [5.41, 5.74) is 0.671. The topological polar surface area (TPSA) is 49.3 Å². The summed E-state index contributed by atoms with van der Waals surface area (Å²) in [7, 11) is 0. The van der Waals surface area contributed by atoms with Gasteiger partial charge in [-0.05, 0) is 31.2 Å². The molecule has 5 nitrogen and oxygen atoms in total. The van der Waals surface area contributed by atoms with Crippen molar-refractivity contribution < 1.29 is 4.79 Å². The highest BCUT2D eigenvalue weighted by Gasteiger charge is 2.28. The molecule has 0 radical (unpaired) electrons. The second-order valence-electron chi connectivity index (χ2n) is 5.36. The predicted octanol–water partition coefficient (Wildman–Crippen LogP) is 2.48. The molecule has 0 saturated carbocycles. The van der Waals surface area contributed by atoms with Crippen LogP contribution in [0.15, 0.2) is 42.9 Å². The average Bonchev–Trinajstić information content (AvgIpc) is 2.55. The number of carbonyl (C=O) groups excluding carboxylic acids is 1. The summed E-state index contributed by atoms with van der Waals surface area (Å²) in [6.45, 7) is 4.18. The fraction of sp³-hybridized carbons (Fsp3) is 0.312. The minimum atomic E-state index is 0.0438. The van der Waals surface area contributed by atoms with E-state index >= 15 is 0 Å². The van der Waals surface area contributed by atoms with Crippen LogP contribution in [0.5, 0.6) is 0 Å². The maximum atomic E-state index is 12.5. The lowest BCUT2D eigenvalue weighted by Gasteiger charge is -2.40. The normalized spacial score (nSPS) is 18.4. The van der Waals surface area contributed by atoms with Gasteiger partial charge in [0, 0.05) is 48.7 Å². The Balaban J connectivity index is 1.69. The molecule has 114 valence electrons. The van der Waals surface area contributed by atoms with E-state index in [0.717, 1.165) is 12.4 Å². The van der Waals surface area contributed by atoms with Crippen molar-refractivity contribution in [3.05, 3.63) is 53.4 Å². The number of nitrogens with zero attached hydrogens (tertiary/aromatic N) is 4. The quantitative estimate of drug-likeness (QED) is 0.854. The summed E-state index contributed by atoms with van der Waals surface area (Å²) in [6, 6.07) is 7.22. The summed E-state index contributed by atoms with van der Waals surface area (Å²) < 4.78 is 0. The van der Waals surface area contributed by atoms with Gasteiger partial charge in [0.1, 0.15) is 5.82 Å². The van der Waals surface area contributed by atoms with Crippen molar-refractivity contribution in [2.24, 2.45) is 0 Å². The molecule has 2 aromatic rings. The number of hydrogen-bond acceptors (Lipinski definition) is 4. The van der Waals surface area contributed by atoms with Crippen LogP contribution in [-0.4, -0.2) is 46.5 Å². The molecule has 0 spiro atoms. The number of halogens is 1. The summed E-state index contributed by atoms with van der Waals surface area (Å²) >= 11 is 5.87. The molecule has 1 aliphatic heterocycles. The molecular formula is C16H17ClN4O. The third-order valence-electron chi connectivity index (χ3n) is 3.85. The molecule has 0 N–H and O–H groups in total. The van der Waals surface area contributed by atoms with Gasteiger partial charge in [0.05, 0.1) is 6.20 Å². The Morgan fingerprint density at radius 1 is 1.23 bits per heavy atom. The number of carbonyl (C=O) groups is 1. The van der Waals surface area contributed by atoms with Crippen LogP contribution in [-0.2, 0) is 0 Å². The standard InChI is InChI=1S/C16H17ClN4O/c1-12-11-20(16(22)13-2-4-14(17)5-3-13)8-9-21(12)15-10-18-6-7-19-15/h2-7,10,12H,8-9,11H2,1H3. The van der Waals surface area contributed by atoms with Gasteiger partial charge in [-0.2, -0.15) is 0 Å². The third-order valence-corrected chi connectivity index (χ3v) is 4.10. The summed E-state index contributed by atoms with van der Waals surface area (Å²) in [5.74, 6) is 0.899. The molecule has 1 aliphatic rings. The molecule has 1 fully saturated rings. The maximum Gasteiger partial charge on any atom is 0.253 e. The van der Waals surface area contributed by atoms with Gasteiger partial charge < -0.3 is 9.80 Å². The highest BCUT2D eigenvalue weighted by atomic mass is 35.5. The number of amides is 1. The average molecular weight is 317 g/mol. The molecule has 0 aliphatic carbocycles. The molecule has 1 saturated heterocycles. The highest BCUT2D eigenvalue weighted by Crippen LogP contribution is 2.19. The predicted molar refractivity (Wildman–Crippen MR) is 86.2 cm³/mol. The van der Waals surface area contributed by atoms with E-state index in [0.29, 0.717) is 23.7 Å². The van der Waals surface area contributed by atoms with Crippen LogP contribution in [0.25, 0.3) is 0 Å². The minimum Gasteiger partial charge on any atom is -0.349 e. The van der Waals surface area contributed by atoms with Gasteiger partial charge in [-0.3, -0.25) is 9.78 Å². The van der Waals surface area contributed by atoms with Gasteiger partial charge in [-0.15, -0.1) is 0 Å². The Kier molecular flexibility index (Phi) is 4.24. The van der Waals surface area contributed by atoms with Gasteiger partial charge in [-0.25, -0.2) is 4.98 Å². The zero-order chi connectivity index (χ0) is 15.5. The molecule has 1 unspecified atom stereocenters. The number of aromatic nitrogens is 2. The van der Waals surface area contributed by atoms with E-state index in [9.17, 15) is 4.79 Å². The maximum absolute atomic E-state index is 12.5. The number of anilines is 1. The van der Waals surface area contributed by atoms with Crippen LogP contribution in [0, 0.1) is 0 Å². The van der Waals surface area contributed by atoms with Gasteiger partial charge in [0.25, 0.3) is 5.91 Å². The van der Waals surface area contributed by atoms with Crippen molar-refractivity contribution in [2.75, 3.05) is 24.5 Å². The molecule has 1 aromatic heterocycles. The zero-order valence-electron chi connectivity index (χ0n) is 12.3. The monoisotopic (exact) mass is 316 g/mol. The van der Waals surface area contributed by atoms with Gasteiger partial charge in [0.2, 0.25) is 0 Å². The molecule has 1 atom stereocenters. The number of benzene rings is 1.